The molecule has 2 aliphatic heterocycles. The van der Waals surface area contributed by atoms with Crippen LogP contribution in [-0.4, -0.2) is 60.9 Å². The smallest absolute Gasteiger partial charge is 0.273 e. The highest BCUT2D eigenvalue weighted by Crippen LogP contribution is 2.26. The van der Waals surface area contributed by atoms with Crippen LogP contribution >= 0.6 is 11.3 Å². The zero-order chi connectivity index (χ0) is 21.1. The second-order valence-electron chi connectivity index (χ2n) is 7.82. The maximum atomic E-state index is 13.4. The molecule has 0 bridgehead atoms. The van der Waals surface area contributed by atoms with Gasteiger partial charge in [-0.15, -0.1) is 0 Å². The Bertz CT molecular complexity index is 920. The molecule has 1 aromatic carbocycles. The first kappa shape index (κ1) is 21.6. The Morgan fingerprint density at radius 3 is 2.30 bits per heavy atom. The molecule has 0 saturated carbocycles. The molecular formula is C20H25F2N3O3S2. The molecule has 30 heavy (non-hydrogen) atoms. The maximum Gasteiger partial charge on any atom is 0.273 e. The van der Waals surface area contributed by atoms with Crippen LogP contribution in [0.25, 0.3) is 0 Å². The van der Waals surface area contributed by atoms with Gasteiger partial charge in [-0.3, -0.25) is 0 Å². The lowest BCUT2D eigenvalue weighted by molar-refractivity contribution is 0.0584. The Kier molecular flexibility index (Phi) is 6.66. The van der Waals surface area contributed by atoms with Crippen molar-refractivity contribution in [2.24, 2.45) is 0 Å². The van der Waals surface area contributed by atoms with Gasteiger partial charge < -0.3 is 9.64 Å². The van der Waals surface area contributed by atoms with Gasteiger partial charge in [0.05, 0.1) is 5.75 Å². The molecule has 0 aliphatic carbocycles. The zero-order valence-electron chi connectivity index (χ0n) is 16.5. The van der Waals surface area contributed by atoms with E-state index in [1.54, 1.807) is 6.20 Å². The molecule has 2 fully saturated rings. The molecule has 0 unspecified atom stereocenters. The minimum atomic E-state index is -3.61. The number of halogens is 2. The highest BCUT2D eigenvalue weighted by Gasteiger charge is 2.33. The molecule has 0 amide bonds. The van der Waals surface area contributed by atoms with Crippen LogP contribution in [0.4, 0.5) is 8.78 Å². The van der Waals surface area contributed by atoms with Gasteiger partial charge >= 0.3 is 0 Å². The molecule has 0 spiro atoms. The predicted molar refractivity (Wildman–Crippen MR) is 111 cm³/mol. The van der Waals surface area contributed by atoms with Crippen LogP contribution < -0.4 is 4.74 Å². The third-order valence-corrected chi connectivity index (χ3v) is 8.27. The summed E-state index contributed by atoms with van der Waals surface area (Å²) in [6.07, 6.45) is 5.30. The summed E-state index contributed by atoms with van der Waals surface area (Å²) in [5.74, 6) is -1.91. The van der Waals surface area contributed by atoms with Crippen LogP contribution in [0.2, 0.25) is 0 Å². The van der Waals surface area contributed by atoms with E-state index < -0.39 is 21.7 Å². The van der Waals surface area contributed by atoms with E-state index in [1.165, 1.54) is 15.6 Å². The van der Waals surface area contributed by atoms with Crippen molar-refractivity contribution in [3.8, 4) is 5.19 Å². The van der Waals surface area contributed by atoms with Gasteiger partial charge in [-0.05, 0) is 43.4 Å². The summed E-state index contributed by atoms with van der Waals surface area (Å²) < 4.78 is 59.5. The molecule has 0 N–H and O–H groups in total. The lowest BCUT2D eigenvalue weighted by Gasteiger charge is -2.41. The molecule has 164 valence electrons. The van der Waals surface area contributed by atoms with Crippen LogP contribution in [-0.2, 0) is 15.8 Å². The van der Waals surface area contributed by atoms with Crippen molar-refractivity contribution in [3.05, 3.63) is 47.0 Å². The highest BCUT2D eigenvalue weighted by atomic mass is 32.2. The average Bonchev–Trinajstić information content (AvgIpc) is 3.21. The van der Waals surface area contributed by atoms with Crippen LogP contribution in [0.1, 0.15) is 31.2 Å². The van der Waals surface area contributed by atoms with Gasteiger partial charge in [0.15, 0.2) is 0 Å². The summed E-state index contributed by atoms with van der Waals surface area (Å²) in [6, 6.07) is 3.24. The van der Waals surface area contributed by atoms with Crippen molar-refractivity contribution < 1.29 is 21.9 Å². The second kappa shape index (κ2) is 9.25. The van der Waals surface area contributed by atoms with Gasteiger partial charge in [-0.1, -0.05) is 11.3 Å². The number of ether oxygens (including phenoxy) is 1. The van der Waals surface area contributed by atoms with E-state index in [0.717, 1.165) is 57.0 Å². The maximum absolute atomic E-state index is 13.4. The number of benzene rings is 1. The van der Waals surface area contributed by atoms with Gasteiger partial charge in [0, 0.05) is 49.9 Å². The minimum Gasteiger partial charge on any atom is -0.467 e. The monoisotopic (exact) mass is 457 g/mol. The predicted octanol–water partition coefficient (Wildman–Crippen LogP) is 3.26. The van der Waals surface area contributed by atoms with E-state index in [1.807, 2.05) is 5.38 Å². The molecule has 0 radical (unpaired) electrons. The largest absolute Gasteiger partial charge is 0.467 e. The van der Waals surface area contributed by atoms with E-state index in [-0.39, 0.29) is 17.4 Å². The van der Waals surface area contributed by atoms with Gasteiger partial charge in [0.25, 0.3) is 5.19 Å². The molecule has 4 rings (SSSR count). The van der Waals surface area contributed by atoms with E-state index >= 15 is 0 Å². The normalized spacial score (nSPS) is 20.5. The van der Waals surface area contributed by atoms with Crippen molar-refractivity contribution in [1.82, 2.24) is 14.2 Å². The number of likely N-dealkylation sites (tertiary alicyclic amines) is 1. The average molecular weight is 458 g/mol. The third kappa shape index (κ3) is 5.35. The van der Waals surface area contributed by atoms with E-state index in [9.17, 15) is 17.2 Å². The Labute approximate surface area is 179 Å². The number of rotatable bonds is 6. The Hall–Kier alpha value is -1.62. The van der Waals surface area contributed by atoms with Gasteiger partial charge in [0.2, 0.25) is 10.0 Å². The minimum absolute atomic E-state index is 0.136. The molecule has 6 nitrogen and oxygen atoms in total. The molecule has 2 aliphatic rings. The fourth-order valence-corrected chi connectivity index (χ4v) is 6.34. The zero-order valence-corrected chi connectivity index (χ0v) is 18.2. The number of hydrogen-bond donors (Lipinski definition) is 0. The molecular weight excluding hydrogens is 432 g/mol. The number of aromatic nitrogens is 1. The molecule has 3 heterocycles. The molecule has 2 aromatic rings. The molecule has 0 atom stereocenters. The number of piperidine rings is 2. The van der Waals surface area contributed by atoms with Crippen molar-refractivity contribution in [2.75, 3.05) is 26.2 Å². The second-order valence-corrected chi connectivity index (χ2v) is 10.6. The van der Waals surface area contributed by atoms with E-state index in [2.05, 4.69) is 9.88 Å². The molecule has 2 saturated heterocycles. The number of sulfonamides is 1. The summed E-state index contributed by atoms with van der Waals surface area (Å²) in [5.41, 5.74) is 0.136. The van der Waals surface area contributed by atoms with Gasteiger partial charge in [0.1, 0.15) is 17.7 Å². The topological polar surface area (TPSA) is 62.7 Å². The van der Waals surface area contributed by atoms with Gasteiger partial charge in [-0.25, -0.2) is 26.5 Å². The van der Waals surface area contributed by atoms with Crippen molar-refractivity contribution in [3.63, 3.8) is 0 Å². The Morgan fingerprint density at radius 2 is 1.70 bits per heavy atom. The third-order valence-electron chi connectivity index (χ3n) is 5.76. The summed E-state index contributed by atoms with van der Waals surface area (Å²) in [4.78, 5) is 6.59. The fraction of sp³-hybridized carbons (Fsp3) is 0.550. The van der Waals surface area contributed by atoms with Crippen molar-refractivity contribution in [2.45, 2.75) is 43.6 Å². The standard InChI is InChI=1S/C20H25F2N3O3S2/c21-16-11-15(12-17(22)13-16)14-30(26,27)25-8-1-18(2-9-25)24-6-3-19(4-7-24)28-20-23-5-10-29-20/h5,10-13,18-19H,1-4,6-9,14H2. The van der Waals surface area contributed by atoms with E-state index in [0.29, 0.717) is 24.3 Å². The summed E-state index contributed by atoms with van der Waals surface area (Å²) in [6.45, 7) is 2.72. The number of hydrogen-bond acceptors (Lipinski definition) is 6. The van der Waals surface area contributed by atoms with Crippen LogP contribution in [0.3, 0.4) is 0 Å². The number of nitrogens with zero attached hydrogens (tertiary/aromatic N) is 3. The summed E-state index contributed by atoms with van der Waals surface area (Å²) in [7, 11) is -3.61. The Morgan fingerprint density at radius 1 is 1.03 bits per heavy atom. The van der Waals surface area contributed by atoms with Crippen LogP contribution in [0.5, 0.6) is 5.19 Å². The first-order valence-electron chi connectivity index (χ1n) is 10.1. The van der Waals surface area contributed by atoms with E-state index in [4.69, 9.17) is 4.74 Å². The van der Waals surface area contributed by atoms with Crippen LogP contribution in [0.15, 0.2) is 29.8 Å². The number of thiazole rings is 1. The first-order chi connectivity index (χ1) is 14.4. The fourth-order valence-electron chi connectivity index (χ4n) is 4.25. The van der Waals surface area contributed by atoms with Gasteiger partial charge in [-0.2, -0.15) is 0 Å². The lowest BCUT2D eigenvalue weighted by atomic mass is 10.00. The molecule has 10 heteroatoms. The summed E-state index contributed by atoms with van der Waals surface area (Å²) >= 11 is 1.50. The molecule has 1 aromatic heterocycles. The summed E-state index contributed by atoms with van der Waals surface area (Å²) in [5, 5.41) is 2.61. The van der Waals surface area contributed by atoms with Crippen molar-refractivity contribution in [1.29, 1.82) is 0 Å². The first-order valence-corrected chi connectivity index (χ1v) is 12.6. The van der Waals surface area contributed by atoms with Crippen molar-refractivity contribution >= 4 is 21.4 Å². The SMILES string of the molecule is O=S(=O)(Cc1cc(F)cc(F)c1)N1CCC(N2CCC(Oc3nccs3)CC2)CC1. The lowest BCUT2D eigenvalue weighted by Crippen LogP contribution is -2.50. The Balaban J connectivity index is 1.26. The van der Waals surface area contributed by atoms with Crippen LogP contribution in [0, 0.1) is 11.6 Å². The highest BCUT2D eigenvalue weighted by molar-refractivity contribution is 7.88. The quantitative estimate of drug-likeness (QED) is 0.666.